The smallest absolute Gasteiger partial charge is 0.253 e. The molecular weight excluding hydrogens is 484 g/mol. The Kier molecular flexibility index (Phi) is 6.87. The molecule has 0 spiro atoms. The number of nitrogens with one attached hydrogen (secondary N) is 1. The van der Waals surface area contributed by atoms with Gasteiger partial charge in [-0.2, -0.15) is 0 Å². The molecule has 202 valence electrons. The number of likely N-dealkylation sites (N-methyl/N-ethyl adjacent to an activating group) is 3. The van der Waals surface area contributed by atoms with Crippen LogP contribution in [0.25, 0.3) is 33.3 Å². The number of piperazine rings is 1. The lowest BCUT2D eigenvalue weighted by molar-refractivity contribution is 0.0737. The van der Waals surface area contributed by atoms with E-state index in [0.717, 1.165) is 79.0 Å². The monoisotopic (exact) mass is 522 g/mol. The van der Waals surface area contributed by atoms with Crippen molar-refractivity contribution in [2.45, 2.75) is 19.4 Å². The van der Waals surface area contributed by atoms with Gasteiger partial charge in [0, 0.05) is 86.0 Å². The molecule has 7 nitrogen and oxygen atoms in total. The van der Waals surface area contributed by atoms with Gasteiger partial charge >= 0.3 is 0 Å². The van der Waals surface area contributed by atoms with Crippen molar-refractivity contribution in [3.05, 3.63) is 72.1 Å². The van der Waals surface area contributed by atoms with Crippen molar-refractivity contribution in [2.24, 2.45) is 0 Å². The van der Waals surface area contributed by atoms with Gasteiger partial charge in [-0.15, -0.1) is 0 Å². The zero-order valence-corrected chi connectivity index (χ0v) is 23.4. The van der Waals surface area contributed by atoms with Crippen LogP contribution >= 0.6 is 0 Å². The molecular formula is C32H38N6O. The molecule has 0 aliphatic carbocycles. The average Bonchev–Trinajstić information content (AvgIpc) is 3.59. The first-order chi connectivity index (χ1) is 18.9. The highest BCUT2D eigenvalue weighted by atomic mass is 16.2. The van der Waals surface area contributed by atoms with Gasteiger partial charge in [0.25, 0.3) is 5.91 Å². The van der Waals surface area contributed by atoms with Gasteiger partial charge in [0.15, 0.2) is 0 Å². The number of anilines is 1. The molecule has 2 aliphatic heterocycles. The first kappa shape index (κ1) is 25.6. The van der Waals surface area contributed by atoms with E-state index in [-0.39, 0.29) is 11.9 Å². The number of hydrogen-bond acceptors (Lipinski definition) is 5. The molecule has 0 bridgehead atoms. The van der Waals surface area contributed by atoms with Crippen LogP contribution in [0.15, 0.2) is 60.9 Å². The highest BCUT2D eigenvalue weighted by Gasteiger charge is 2.27. The maximum atomic E-state index is 13.1. The number of H-pyrrole nitrogens is 1. The third kappa shape index (κ3) is 5.04. The van der Waals surface area contributed by atoms with Gasteiger partial charge < -0.3 is 24.6 Å². The summed E-state index contributed by atoms with van der Waals surface area (Å²) in [5, 5.41) is 1.08. The van der Waals surface area contributed by atoms with Gasteiger partial charge in [-0.05, 0) is 81.0 Å². The molecule has 4 heterocycles. The fourth-order valence-corrected chi connectivity index (χ4v) is 6.03. The highest BCUT2D eigenvalue weighted by Crippen LogP contribution is 2.33. The number of benzene rings is 2. The number of hydrogen-bond donors (Lipinski definition) is 1. The summed E-state index contributed by atoms with van der Waals surface area (Å²) in [5.74, 6) is 0.0834. The number of fused-ring (bicyclic) bond motifs is 1. The summed E-state index contributed by atoms with van der Waals surface area (Å²) in [6, 6.07) is 17.2. The lowest BCUT2D eigenvalue weighted by Crippen LogP contribution is -2.44. The molecule has 6 rings (SSSR count). The van der Waals surface area contributed by atoms with Gasteiger partial charge in [0.2, 0.25) is 0 Å². The summed E-state index contributed by atoms with van der Waals surface area (Å²) >= 11 is 0. The van der Waals surface area contributed by atoms with E-state index in [9.17, 15) is 4.79 Å². The number of nitrogens with zero attached hydrogens (tertiary/aromatic N) is 5. The van der Waals surface area contributed by atoms with Gasteiger partial charge in [0.1, 0.15) is 5.65 Å². The Morgan fingerprint density at radius 1 is 0.923 bits per heavy atom. The minimum Gasteiger partial charge on any atom is -0.369 e. The Balaban J connectivity index is 1.24. The third-order valence-electron chi connectivity index (χ3n) is 8.58. The Bertz CT molecular complexity index is 1480. The number of aryl methyl sites for hydroxylation is 1. The van der Waals surface area contributed by atoms with Crippen LogP contribution in [-0.2, 0) is 0 Å². The van der Waals surface area contributed by atoms with E-state index >= 15 is 0 Å². The van der Waals surface area contributed by atoms with Crippen molar-refractivity contribution in [2.75, 3.05) is 65.3 Å². The van der Waals surface area contributed by atoms with E-state index in [2.05, 4.69) is 65.0 Å². The number of carbonyl (C=O) groups is 1. The lowest BCUT2D eigenvalue weighted by Gasteiger charge is -2.35. The number of aromatic nitrogens is 2. The molecule has 2 aliphatic rings. The highest BCUT2D eigenvalue weighted by molar-refractivity contribution is 5.98. The van der Waals surface area contributed by atoms with Gasteiger partial charge in [0.05, 0.1) is 0 Å². The van der Waals surface area contributed by atoms with Crippen LogP contribution in [-0.4, -0.2) is 97.0 Å². The van der Waals surface area contributed by atoms with Crippen molar-refractivity contribution in [3.63, 3.8) is 0 Å². The molecule has 0 radical (unpaired) electrons. The van der Waals surface area contributed by atoms with Crippen molar-refractivity contribution in [3.8, 4) is 22.3 Å². The third-order valence-corrected chi connectivity index (χ3v) is 8.58. The fraction of sp³-hybridized carbons (Fsp3) is 0.375. The Hall–Kier alpha value is -3.68. The van der Waals surface area contributed by atoms with E-state index < -0.39 is 0 Å². The zero-order chi connectivity index (χ0) is 27.1. The summed E-state index contributed by atoms with van der Waals surface area (Å²) < 4.78 is 0. The minimum absolute atomic E-state index is 0.0834. The summed E-state index contributed by atoms with van der Waals surface area (Å²) in [6.45, 7) is 8.51. The quantitative estimate of drug-likeness (QED) is 0.411. The molecule has 1 amide bonds. The maximum absolute atomic E-state index is 13.1. The van der Waals surface area contributed by atoms with Gasteiger partial charge in [-0.3, -0.25) is 4.79 Å². The second-order valence-electron chi connectivity index (χ2n) is 11.3. The SMILES string of the molecule is Cc1cc(-c2cnc3[nH]cc(-c4ccc(C(=O)N(C)C5CCN(C)C5)cc4)c3c2)ccc1N1CCN(C)CC1. The minimum atomic E-state index is 0.0834. The normalized spacial score (nSPS) is 18.7. The molecule has 2 aromatic heterocycles. The molecule has 1 unspecified atom stereocenters. The van der Waals surface area contributed by atoms with Crippen LogP contribution in [0.2, 0.25) is 0 Å². The van der Waals surface area contributed by atoms with Crippen molar-refractivity contribution < 1.29 is 4.79 Å². The first-order valence-electron chi connectivity index (χ1n) is 13.9. The summed E-state index contributed by atoms with van der Waals surface area (Å²) in [5.41, 5.74) is 8.65. The van der Waals surface area contributed by atoms with Crippen LogP contribution < -0.4 is 4.90 Å². The molecule has 2 fully saturated rings. The second kappa shape index (κ2) is 10.5. The molecule has 2 aromatic carbocycles. The Morgan fingerprint density at radius 3 is 2.36 bits per heavy atom. The van der Waals surface area contributed by atoms with Gasteiger partial charge in [-0.25, -0.2) is 4.98 Å². The van der Waals surface area contributed by atoms with Crippen molar-refractivity contribution >= 4 is 22.6 Å². The molecule has 2 saturated heterocycles. The predicted octanol–water partition coefficient (Wildman–Crippen LogP) is 4.73. The summed E-state index contributed by atoms with van der Waals surface area (Å²) in [6.07, 6.45) is 4.99. The predicted molar refractivity (Wildman–Crippen MR) is 159 cm³/mol. The van der Waals surface area contributed by atoms with Crippen molar-refractivity contribution in [1.29, 1.82) is 0 Å². The molecule has 4 aromatic rings. The van der Waals surface area contributed by atoms with Crippen LogP contribution in [0.1, 0.15) is 22.3 Å². The van der Waals surface area contributed by atoms with E-state index in [1.807, 2.05) is 48.6 Å². The number of carbonyl (C=O) groups excluding carboxylic acids is 1. The summed E-state index contributed by atoms with van der Waals surface area (Å²) in [7, 11) is 6.22. The Morgan fingerprint density at radius 2 is 1.67 bits per heavy atom. The van der Waals surface area contributed by atoms with Crippen molar-refractivity contribution in [1.82, 2.24) is 24.7 Å². The lowest BCUT2D eigenvalue weighted by atomic mass is 9.99. The average molecular weight is 523 g/mol. The standard InChI is InChI=1S/C32H38N6O/c1-22-17-25(9-10-30(22)38-15-13-35(2)14-16-38)26-18-28-29(20-34-31(28)33-19-26)23-5-7-24(8-6-23)32(39)37(4)27-11-12-36(3)21-27/h5-10,17-20,27H,11-16,21H2,1-4H3,(H,33,34). The number of rotatable bonds is 5. The molecule has 39 heavy (non-hydrogen) atoms. The number of aromatic amines is 1. The summed E-state index contributed by atoms with van der Waals surface area (Å²) in [4.78, 5) is 30.2. The van der Waals surface area contributed by atoms with E-state index in [0.29, 0.717) is 0 Å². The number of pyridine rings is 1. The maximum Gasteiger partial charge on any atom is 0.253 e. The largest absolute Gasteiger partial charge is 0.369 e. The van der Waals surface area contributed by atoms with Crippen LogP contribution in [0.3, 0.4) is 0 Å². The second-order valence-corrected chi connectivity index (χ2v) is 11.3. The molecule has 0 saturated carbocycles. The van der Waals surface area contributed by atoms with E-state index in [4.69, 9.17) is 4.98 Å². The van der Waals surface area contributed by atoms with Crippen LogP contribution in [0.4, 0.5) is 5.69 Å². The molecule has 7 heteroatoms. The van der Waals surface area contributed by atoms with E-state index in [1.165, 1.54) is 16.8 Å². The first-order valence-corrected chi connectivity index (χ1v) is 13.9. The van der Waals surface area contributed by atoms with Gasteiger partial charge in [-0.1, -0.05) is 18.2 Å². The zero-order valence-electron chi connectivity index (χ0n) is 23.4. The molecule has 1 atom stereocenters. The van der Waals surface area contributed by atoms with E-state index in [1.54, 1.807) is 0 Å². The molecule has 1 N–H and O–H groups in total. The topological polar surface area (TPSA) is 58.7 Å². The van der Waals surface area contributed by atoms with Crippen LogP contribution in [0.5, 0.6) is 0 Å². The number of likely N-dealkylation sites (tertiary alicyclic amines) is 1. The number of amides is 1. The van der Waals surface area contributed by atoms with Crippen LogP contribution in [0, 0.1) is 6.92 Å². The Labute approximate surface area is 231 Å². The fourth-order valence-electron chi connectivity index (χ4n) is 6.03.